The fraction of sp³-hybridized carbons (Fsp3) is 0.429. The van der Waals surface area contributed by atoms with E-state index in [-0.39, 0.29) is 6.23 Å². The first-order valence-electron chi connectivity index (χ1n) is 6.56. The van der Waals surface area contributed by atoms with Crippen LogP contribution in [0.3, 0.4) is 0 Å². The molecule has 0 N–H and O–H groups in total. The van der Waals surface area contributed by atoms with E-state index in [9.17, 15) is 4.79 Å². The Labute approximate surface area is 123 Å². The summed E-state index contributed by atoms with van der Waals surface area (Å²) in [5.74, 6) is -0.395. The number of anilines is 1. The lowest BCUT2D eigenvalue weighted by Gasteiger charge is -2.22. The highest BCUT2D eigenvalue weighted by atomic mass is 35.5. The number of hydrazone groups is 1. The maximum atomic E-state index is 11.8. The number of carbonyl (C=O) groups is 1. The molecule has 20 heavy (non-hydrogen) atoms. The van der Waals surface area contributed by atoms with E-state index in [4.69, 9.17) is 21.1 Å². The van der Waals surface area contributed by atoms with Gasteiger partial charge in [0.15, 0.2) is 11.9 Å². The molecule has 1 aliphatic heterocycles. The van der Waals surface area contributed by atoms with E-state index in [0.717, 1.165) is 5.69 Å². The summed E-state index contributed by atoms with van der Waals surface area (Å²) < 4.78 is 10.6. The summed E-state index contributed by atoms with van der Waals surface area (Å²) in [5.41, 5.74) is 1.20. The first-order valence-corrected chi connectivity index (χ1v) is 6.94. The van der Waals surface area contributed by atoms with Gasteiger partial charge in [0, 0.05) is 18.1 Å². The average Bonchev–Trinajstić information content (AvgIpc) is 2.84. The van der Waals surface area contributed by atoms with Crippen LogP contribution in [0.4, 0.5) is 5.69 Å². The normalized spacial score (nSPS) is 18.1. The van der Waals surface area contributed by atoms with Crippen LogP contribution < -0.4 is 5.01 Å². The molecule has 1 heterocycles. The van der Waals surface area contributed by atoms with Crippen molar-refractivity contribution in [2.24, 2.45) is 5.10 Å². The van der Waals surface area contributed by atoms with E-state index in [1.165, 1.54) is 0 Å². The van der Waals surface area contributed by atoms with Gasteiger partial charge in [0.1, 0.15) is 0 Å². The third-order valence-corrected chi connectivity index (χ3v) is 3.08. The van der Waals surface area contributed by atoms with Crippen LogP contribution in [0.15, 0.2) is 29.4 Å². The van der Waals surface area contributed by atoms with Gasteiger partial charge in [-0.05, 0) is 38.1 Å². The summed E-state index contributed by atoms with van der Waals surface area (Å²) >= 11 is 5.88. The Balaban J connectivity index is 2.22. The molecule has 1 aromatic rings. The molecule has 0 saturated carbocycles. The van der Waals surface area contributed by atoms with Crippen molar-refractivity contribution in [3.63, 3.8) is 0 Å². The molecule has 0 bridgehead atoms. The van der Waals surface area contributed by atoms with Gasteiger partial charge in [0.2, 0.25) is 0 Å². The topological polar surface area (TPSA) is 51.1 Å². The SMILES string of the molecule is CCOC(=O)C1=NN(c2ccc(Cl)cc2)[C@H](OCC)C1. The minimum absolute atomic E-state index is 0.291. The van der Waals surface area contributed by atoms with E-state index >= 15 is 0 Å². The predicted molar refractivity (Wildman–Crippen MR) is 78.0 cm³/mol. The van der Waals surface area contributed by atoms with Gasteiger partial charge in [0.25, 0.3) is 0 Å². The zero-order valence-electron chi connectivity index (χ0n) is 11.5. The highest BCUT2D eigenvalue weighted by molar-refractivity contribution is 6.37. The fourth-order valence-corrected chi connectivity index (χ4v) is 2.09. The lowest BCUT2D eigenvalue weighted by molar-refractivity contribution is -0.135. The van der Waals surface area contributed by atoms with Gasteiger partial charge in [-0.1, -0.05) is 11.6 Å². The van der Waals surface area contributed by atoms with Gasteiger partial charge in [-0.25, -0.2) is 9.80 Å². The van der Waals surface area contributed by atoms with Crippen molar-refractivity contribution in [1.29, 1.82) is 0 Å². The van der Waals surface area contributed by atoms with Crippen LogP contribution in [0.25, 0.3) is 0 Å². The van der Waals surface area contributed by atoms with Gasteiger partial charge in [-0.2, -0.15) is 5.10 Å². The van der Waals surface area contributed by atoms with Crippen LogP contribution in [0.1, 0.15) is 20.3 Å². The second kappa shape index (κ2) is 6.72. The highest BCUT2D eigenvalue weighted by Crippen LogP contribution is 2.26. The summed E-state index contributed by atoms with van der Waals surface area (Å²) in [7, 11) is 0. The zero-order chi connectivity index (χ0) is 14.5. The molecule has 0 aliphatic carbocycles. The summed E-state index contributed by atoms with van der Waals surface area (Å²) in [6.07, 6.45) is 0.121. The largest absolute Gasteiger partial charge is 0.461 e. The Kier molecular flexibility index (Phi) is 4.98. The molecular weight excluding hydrogens is 280 g/mol. The number of nitrogens with zero attached hydrogens (tertiary/aromatic N) is 2. The van der Waals surface area contributed by atoms with Crippen LogP contribution in [-0.4, -0.2) is 31.1 Å². The second-order valence-electron chi connectivity index (χ2n) is 4.20. The minimum Gasteiger partial charge on any atom is -0.461 e. The van der Waals surface area contributed by atoms with Crippen molar-refractivity contribution in [2.45, 2.75) is 26.5 Å². The first-order chi connectivity index (χ1) is 9.65. The lowest BCUT2D eigenvalue weighted by Crippen LogP contribution is -2.29. The molecule has 1 atom stereocenters. The average molecular weight is 297 g/mol. The standard InChI is InChI=1S/C14H17ClN2O3/c1-3-19-13-9-12(14(18)20-4-2)16-17(13)11-7-5-10(15)6-8-11/h5-8,13H,3-4,9H2,1-2H3/t13-/m1/s1. The molecular formula is C14H17ClN2O3. The van der Waals surface area contributed by atoms with Gasteiger partial charge >= 0.3 is 5.97 Å². The molecule has 108 valence electrons. The summed E-state index contributed by atoms with van der Waals surface area (Å²) in [4.78, 5) is 11.8. The number of esters is 1. The Bertz CT molecular complexity index is 502. The van der Waals surface area contributed by atoms with Crippen LogP contribution >= 0.6 is 11.6 Å². The molecule has 1 aliphatic rings. The number of hydrogen-bond donors (Lipinski definition) is 0. The molecule has 0 aromatic heterocycles. The lowest BCUT2D eigenvalue weighted by atomic mass is 10.2. The van der Waals surface area contributed by atoms with Gasteiger partial charge in [-0.3, -0.25) is 0 Å². The van der Waals surface area contributed by atoms with E-state index in [0.29, 0.717) is 30.4 Å². The van der Waals surface area contributed by atoms with Crippen molar-refractivity contribution >= 4 is 29.0 Å². The minimum atomic E-state index is -0.395. The van der Waals surface area contributed by atoms with E-state index in [1.54, 1.807) is 24.1 Å². The maximum absolute atomic E-state index is 11.8. The van der Waals surface area contributed by atoms with Crippen LogP contribution in [0.5, 0.6) is 0 Å². The second-order valence-corrected chi connectivity index (χ2v) is 4.64. The van der Waals surface area contributed by atoms with Gasteiger partial charge < -0.3 is 9.47 Å². The van der Waals surface area contributed by atoms with Crippen molar-refractivity contribution < 1.29 is 14.3 Å². The van der Waals surface area contributed by atoms with Crippen molar-refractivity contribution in [3.8, 4) is 0 Å². The van der Waals surface area contributed by atoms with Crippen molar-refractivity contribution in [2.75, 3.05) is 18.2 Å². The Hall–Kier alpha value is -1.59. The quantitative estimate of drug-likeness (QED) is 0.784. The Morgan fingerprint density at radius 2 is 2.05 bits per heavy atom. The van der Waals surface area contributed by atoms with E-state index in [2.05, 4.69) is 5.10 Å². The Morgan fingerprint density at radius 3 is 2.65 bits per heavy atom. The molecule has 2 rings (SSSR count). The molecule has 1 aromatic carbocycles. The third-order valence-electron chi connectivity index (χ3n) is 2.83. The molecule has 0 saturated heterocycles. The van der Waals surface area contributed by atoms with Crippen molar-refractivity contribution in [3.05, 3.63) is 29.3 Å². The molecule has 0 spiro atoms. The number of carbonyl (C=O) groups excluding carboxylic acids is 1. The smallest absolute Gasteiger partial charge is 0.354 e. The number of rotatable bonds is 5. The molecule has 6 heteroatoms. The number of hydrogen-bond acceptors (Lipinski definition) is 5. The molecule has 5 nitrogen and oxygen atoms in total. The molecule has 0 unspecified atom stereocenters. The molecule has 0 amide bonds. The van der Waals surface area contributed by atoms with E-state index in [1.807, 2.05) is 19.1 Å². The monoisotopic (exact) mass is 296 g/mol. The summed E-state index contributed by atoms with van der Waals surface area (Å²) in [6.45, 7) is 4.55. The van der Waals surface area contributed by atoms with Crippen molar-refractivity contribution in [1.82, 2.24) is 0 Å². The number of ether oxygens (including phenoxy) is 2. The van der Waals surface area contributed by atoms with Crippen LogP contribution in [0, 0.1) is 0 Å². The van der Waals surface area contributed by atoms with Gasteiger partial charge in [0.05, 0.1) is 12.3 Å². The van der Waals surface area contributed by atoms with Crippen LogP contribution in [0.2, 0.25) is 5.02 Å². The molecule has 0 radical (unpaired) electrons. The summed E-state index contributed by atoms with van der Waals surface area (Å²) in [5, 5.41) is 6.65. The summed E-state index contributed by atoms with van der Waals surface area (Å²) in [6, 6.07) is 7.23. The zero-order valence-corrected chi connectivity index (χ0v) is 12.3. The number of halogens is 1. The first kappa shape index (κ1) is 14.8. The maximum Gasteiger partial charge on any atom is 0.354 e. The predicted octanol–water partition coefficient (Wildman–Crippen LogP) is 2.83. The van der Waals surface area contributed by atoms with E-state index < -0.39 is 5.97 Å². The van der Waals surface area contributed by atoms with Gasteiger partial charge in [-0.15, -0.1) is 0 Å². The van der Waals surface area contributed by atoms with Crippen LogP contribution in [-0.2, 0) is 14.3 Å². The third kappa shape index (κ3) is 3.29. The Morgan fingerprint density at radius 1 is 1.35 bits per heavy atom. The number of benzene rings is 1. The molecule has 0 fully saturated rings. The highest BCUT2D eigenvalue weighted by Gasteiger charge is 2.32. The fourth-order valence-electron chi connectivity index (χ4n) is 1.97.